The number of nitrogens with zero attached hydrogens (tertiary/aromatic N) is 1. The zero-order valence-corrected chi connectivity index (χ0v) is 21.6. The third-order valence-electron chi connectivity index (χ3n) is 6.66. The minimum absolute atomic E-state index is 0.0323. The number of amides is 1. The number of carbonyl (C=O) groups is 1. The fourth-order valence-electron chi connectivity index (χ4n) is 4.33. The number of carbonyl (C=O) groups excluding carboxylic acids is 1. The summed E-state index contributed by atoms with van der Waals surface area (Å²) in [4.78, 5) is 15.4. The van der Waals surface area contributed by atoms with Crippen molar-refractivity contribution in [2.75, 3.05) is 4.90 Å². The van der Waals surface area contributed by atoms with Gasteiger partial charge >= 0.3 is 0 Å². The highest BCUT2D eigenvalue weighted by molar-refractivity contribution is 5.97. The summed E-state index contributed by atoms with van der Waals surface area (Å²) in [5, 5.41) is 21.8. The van der Waals surface area contributed by atoms with Gasteiger partial charge in [-0.3, -0.25) is 4.79 Å². The predicted molar refractivity (Wildman–Crippen MR) is 150 cm³/mol. The van der Waals surface area contributed by atoms with Gasteiger partial charge in [-0.1, -0.05) is 62.4 Å². The summed E-state index contributed by atoms with van der Waals surface area (Å²) in [6.45, 7) is 13.8. The first-order chi connectivity index (χ1) is 17.3. The number of phenolic OH excluding ortho intramolecular Hbond substituents is 2. The molecule has 0 aromatic heterocycles. The molecule has 0 spiro atoms. The third-order valence-corrected chi connectivity index (χ3v) is 6.66. The number of rotatable bonds is 11. The Balaban J connectivity index is 2.11. The van der Waals surface area contributed by atoms with Gasteiger partial charge in [-0.05, 0) is 78.6 Å². The van der Waals surface area contributed by atoms with E-state index in [-0.39, 0.29) is 29.4 Å². The Kier molecular flexibility index (Phi) is 9.13. The molecule has 0 aliphatic carbocycles. The molecule has 0 bridgehead atoms. The van der Waals surface area contributed by atoms with Gasteiger partial charge in [0.1, 0.15) is 11.5 Å². The average Bonchev–Trinajstić information content (AvgIpc) is 2.86. The highest BCUT2D eigenvalue weighted by Gasteiger charge is 2.28. The Morgan fingerprint density at radius 2 is 1.61 bits per heavy atom. The van der Waals surface area contributed by atoms with Crippen LogP contribution in [0, 0.1) is 5.92 Å². The van der Waals surface area contributed by atoms with Gasteiger partial charge in [0.15, 0.2) is 0 Å². The van der Waals surface area contributed by atoms with Crippen molar-refractivity contribution in [3.8, 4) is 22.6 Å². The maximum Gasteiger partial charge on any atom is 0.227 e. The molecule has 1 amide bonds. The molecule has 0 unspecified atom stereocenters. The van der Waals surface area contributed by atoms with Crippen LogP contribution in [0.5, 0.6) is 11.5 Å². The monoisotopic (exact) mass is 483 g/mol. The molecule has 2 N–H and O–H groups in total. The Hall–Kier alpha value is -3.79. The summed E-state index contributed by atoms with van der Waals surface area (Å²) in [6, 6.07) is 18.9. The van der Waals surface area contributed by atoms with Crippen molar-refractivity contribution >= 4 is 11.6 Å². The fraction of sp³-hybridized carbons (Fsp3) is 0.281. The summed E-state index contributed by atoms with van der Waals surface area (Å²) in [5.74, 6) is 0.393. The van der Waals surface area contributed by atoms with Gasteiger partial charge in [-0.15, -0.1) is 13.2 Å². The number of hydrogen-bond acceptors (Lipinski definition) is 3. The molecule has 0 aliphatic heterocycles. The molecule has 0 aliphatic rings. The molecule has 3 rings (SSSR count). The van der Waals surface area contributed by atoms with Crippen LogP contribution in [-0.2, 0) is 24.1 Å². The van der Waals surface area contributed by atoms with Crippen LogP contribution in [0.25, 0.3) is 11.1 Å². The van der Waals surface area contributed by atoms with Crippen LogP contribution in [0.15, 0.2) is 86.0 Å². The number of phenols is 2. The van der Waals surface area contributed by atoms with Crippen molar-refractivity contribution in [2.45, 2.75) is 52.5 Å². The number of allylic oxidation sites excluding steroid dienone is 2. The van der Waals surface area contributed by atoms with E-state index in [2.05, 4.69) is 27.0 Å². The van der Waals surface area contributed by atoms with E-state index in [0.717, 1.165) is 22.3 Å². The lowest BCUT2D eigenvalue weighted by Crippen LogP contribution is -2.42. The number of benzene rings is 3. The van der Waals surface area contributed by atoms with Gasteiger partial charge in [0.25, 0.3) is 0 Å². The second-order valence-electron chi connectivity index (χ2n) is 9.57. The van der Waals surface area contributed by atoms with E-state index in [0.29, 0.717) is 36.9 Å². The molecule has 3 aromatic rings. The molecule has 4 nitrogen and oxygen atoms in total. The van der Waals surface area contributed by atoms with Gasteiger partial charge in [0, 0.05) is 18.0 Å². The van der Waals surface area contributed by atoms with E-state index in [4.69, 9.17) is 0 Å². The van der Waals surface area contributed by atoms with Crippen LogP contribution in [0.4, 0.5) is 5.69 Å². The van der Waals surface area contributed by atoms with E-state index >= 15 is 0 Å². The molecular weight excluding hydrogens is 446 g/mol. The third kappa shape index (κ3) is 6.25. The standard InChI is InChI=1S/C32H37NO3/c1-6-11-25-19-28(26-16-17-30(34)27(21-26)12-7-2)32(36)29(20-25)33(23(5)22(3)4)31(35)18-15-24-13-9-8-10-14-24/h6-10,13-14,16-17,19-23,34,36H,1-2,11-12,15,18H2,3-5H3/t23-/m1/s1. The number of anilines is 1. The summed E-state index contributed by atoms with van der Waals surface area (Å²) in [7, 11) is 0. The van der Waals surface area contributed by atoms with Gasteiger partial charge < -0.3 is 15.1 Å². The molecule has 0 saturated heterocycles. The van der Waals surface area contributed by atoms with Crippen molar-refractivity contribution < 1.29 is 15.0 Å². The fourth-order valence-corrected chi connectivity index (χ4v) is 4.33. The summed E-state index contributed by atoms with van der Waals surface area (Å²) in [5.41, 5.74) is 4.66. The second-order valence-corrected chi connectivity index (χ2v) is 9.57. The molecular formula is C32H37NO3. The molecule has 0 fully saturated rings. The molecule has 188 valence electrons. The molecule has 36 heavy (non-hydrogen) atoms. The highest BCUT2D eigenvalue weighted by atomic mass is 16.3. The summed E-state index contributed by atoms with van der Waals surface area (Å²) in [6.07, 6.45) is 5.62. The largest absolute Gasteiger partial charge is 0.508 e. The highest BCUT2D eigenvalue weighted by Crippen LogP contribution is 2.42. The quantitative estimate of drug-likeness (QED) is 0.283. The first-order valence-electron chi connectivity index (χ1n) is 12.5. The van der Waals surface area contributed by atoms with Crippen molar-refractivity contribution in [1.29, 1.82) is 0 Å². The minimum Gasteiger partial charge on any atom is -0.508 e. The lowest BCUT2D eigenvalue weighted by atomic mass is 9.95. The normalized spacial score (nSPS) is 11.8. The predicted octanol–water partition coefficient (Wildman–Crippen LogP) is 7.23. The molecule has 1 atom stereocenters. The van der Waals surface area contributed by atoms with Crippen LogP contribution in [0.1, 0.15) is 43.9 Å². The van der Waals surface area contributed by atoms with Crippen molar-refractivity contribution in [3.63, 3.8) is 0 Å². The van der Waals surface area contributed by atoms with Gasteiger partial charge in [0.2, 0.25) is 5.91 Å². The van der Waals surface area contributed by atoms with E-state index < -0.39 is 0 Å². The zero-order valence-electron chi connectivity index (χ0n) is 21.6. The van der Waals surface area contributed by atoms with Crippen LogP contribution < -0.4 is 4.90 Å². The van der Waals surface area contributed by atoms with Gasteiger partial charge in [0.05, 0.1) is 5.69 Å². The SMILES string of the molecule is C=CCc1cc(-c2ccc(O)c(CC=C)c2)c(O)c(N(C(=O)CCc2ccccc2)[C@H](C)C(C)C)c1. The number of hydrogen-bond donors (Lipinski definition) is 2. The molecule has 4 heteroatoms. The smallest absolute Gasteiger partial charge is 0.227 e. The molecule has 0 saturated carbocycles. The van der Waals surface area contributed by atoms with E-state index in [1.807, 2.05) is 61.5 Å². The number of aryl methyl sites for hydroxylation is 1. The van der Waals surface area contributed by atoms with Crippen LogP contribution in [-0.4, -0.2) is 22.2 Å². The van der Waals surface area contributed by atoms with E-state index in [9.17, 15) is 15.0 Å². The van der Waals surface area contributed by atoms with Crippen LogP contribution >= 0.6 is 0 Å². The molecule has 0 heterocycles. The Morgan fingerprint density at radius 3 is 2.25 bits per heavy atom. The average molecular weight is 484 g/mol. The van der Waals surface area contributed by atoms with Crippen LogP contribution in [0.2, 0.25) is 0 Å². The Morgan fingerprint density at radius 1 is 0.917 bits per heavy atom. The second kappa shape index (κ2) is 12.3. The zero-order chi connectivity index (χ0) is 26.2. The lowest BCUT2D eigenvalue weighted by molar-refractivity contribution is -0.119. The van der Waals surface area contributed by atoms with Crippen LogP contribution in [0.3, 0.4) is 0 Å². The maximum atomic E-state index is 13.7. The Labute approximate surface area is 215 Å². The Bertz CT molecular complexity index is 1210. The minimum atomic E-state index is -0.123. The lowest BCUT2D eigenvalue weighted by Gasteiger charge is -2.33. The topological polar surface area (TPSA) is 60.8 Å². The van der Waals surface area contributed by atoms with E-state index in [1.165, 1.54) is 0 Å². The van der Waals surface area contributed by atoms with Gasteiger partial charge in [-0.2, -0.15) is 0 Å². The van der Waals surface area contributed by atoms with Crippen molar-refractivity contribution in [2.24, 2.45) is 5.92 Å². The molecule has 0 radical (unpaired) electrons. The number of aromatic hydroxyl groups is 2. The summed E-state index contributed by atoms with van der Waals surface area (Å²) >= 11 is 0. The first-order valence-corrected chi connectivity index (χ1v) is 12.5. The van der Waals surface area contributed by atoms with E-state index in [1.54, 1.807) is 23.1 Å². The first kappa shape index (κ1) is 26.8. The van der Waals surface area contributed by atoms with Gasteiger partial charge in [-0.25, -0.2) is 0 Å². The summed E-state index contributed by atoms with van der Waals surface area (Å²) < 4.78 is 0. The van der Waals surface area contributed by atoms with Crippen molar-refractivity contribution in [3.05, 3.63) is 103 Å². The maximum absolute atomic E-state index is 13.7. The molecule has 3 aromatic carbocycles. The van der Waals surface area contributed by atoms with Crippen molar-refractivity contribution in [1.82, 2.24) is 0 Å².